The lowest BCUT2D eigenvalue weighted by atomic mass is 10.3. The highest BCUT2D eigenvalue weighted by molar-refractivity contribution is 5.79. The lowest BCUT2D eigenvalue weighted by Gasteiger charge is -2.07. The molecule has 0 spiro atoms. The summed E-state index contributed by atoms with van der Waals surface area (Å²) in [7, 11) is 0. The summed E-state index contributed by atoms with van der Waals surface area (Å²) in [5.41, 5.74) is 3.76. The second-order valence-electron chi connectivity index (χ2n) is 5.87. The molecule has 4 rings (SSSR count). The Morgan fingerprint density at radius 2 is 1.76 bits per heavy atom. The molecular formula is C18H18N6O. The monoisotopic (exact) mass is 334 g/mol. The van der Waals surface area contributed by atoms with Gasteiger partial charge in [-0.15, -0.1) is 5.10 Å². The van der Waals surface area contributed by atoms with Crippen LogP contribution in [-0.2, 0) is 17.9 Å². The standard InChI is InChI=1S/C18H18N6O/c25-18(12-24-17-9-4-2-7-15(17)21-22-24)19-10-5-11-23-13-20-14-6-1-3-8-16(14)23/h1-4,6-9,13H,5,10-12H2,(H,19,25). The summed E-state index contributed by atoms with van der Waals surface area (Å²) in [6, 6.07) is 15.6. The second kappa shape index (κ2) is 6.72. The van der Waals surface area contributed by atoms with Crippen molar-refractivity contribution in [1.29, 1.82) is 0 Å². The zero-order chi connectivity index (χ0) is 17.1. The molecule has 2 aromatic heterocycles. The van der Waals surface area contributed by atoms with Gasteiger partial charge in [-0.25, -0.2) is 9.67 Å². The molecule has 4 aromatic rings. The van der Waals surface area contributed by atoms with Crippen LogP contribution in [0.4, 0.5) is 0 Å². The van der Waals surface area contributed by atoms with Gasteiger partial charge in [0.1, 0.15) is 12.1 Å². The molecule has 0 unspecified atom stereocenters. The van der Waals surface area contributed by atoms with E-state index in [1.165, 1.54) is 0 Å². The molecule has 1 N–H and O–H groups in total. The van der Waals surface area contributed by atoms with E-state index in [0.717, 1.165) is 35.0 Å². The van der Waals surface area contributed by atoms with Gasteiger partial charge >= 0.3 is 0 Å². The first kappa shape index (κ1) is 15.3. The number of rotatable bonds is 6. The molecule has 7 heteroatoms. The Morgan fingerprint density at radius 3 is 2.64 bits per heavy atom. The van der Waals surface area contributed by atoms with Crippen LogP contribution in [0.1, 0.15) is 6.42 Å². The Morgan fingerprint density at radius 1 is 1.00 bits per heavy atom. The second-order valence-corrected chi connectivity index (χ2v) is 5.87. The molecule has 2 aromatic carbocycles. The van der Waals surface area contributed by atoms with E-state index >= 15 is 0 Å². The molecular weight excluding hydrogens is 316 g/mol. The molecule has 0 aliphatic heterocycles. The smallest absolute Gasteiger partial charge is 0.241 e. The van der Waals surface area contributed by atoms with Crippen molar-refractivity contribution in [3.63, 3.8) is 0 Å². The number of hydrogen-bond acceptors (Lipinski definition) is 4. The maximum absolute atomic E-state index is 12.1. The minimum Gasteiger partial charge on any atom is -0.354 e. The third-order valence-corrected chi connectivity index (χ3v) is 4.14. The molecule has 0 saturated heterocycles. The van der Waals surface area contributed by atoms with Crippen LogP contribution in [0.15, 0.2) is 54.9 Å². The van der Waals surface area contributed by atoms with Crippen LogP contribution in [0.2, 0.25) is 0 Å². The number of carbonyl (C=O) groups is 1. The van der Waals surface area contributed by atoms with E-state index in [4.69, 9.17) is 0 Å². The number of hydrogen-bond donors (Lipinski definition) is 1. The third kappa shape index (κ3) is 3.21. The number of amides is 1. The number of imidazole rings is 1. The van der Waals surface area contributed by atoms with E-state index < -0.39 is 0 Å². The van der Waals surface area contributed by atoms with Gasteiger partial charge in [-0.2, -0.15) is 0 Å². The molecule has 2 heterocycles. The first-order valence-corrected chi connectivity index (χ1v) is 8.26. The highest BCUT2D eigenvalue weighted by atomic mass is 16.2. The molecule has 0 saturated carbocycles. The van der Waals surface area contributed by atoms with Gasteiger partial charge in [0.2, 0.25) is 5.91 Å². The number of fused-ring (bicyclic) bond motifs is 2. The summed E-state index contributed by atoms with van der Waals surface area (Å²) >= 11 is 0. The molecule has 0 radical (unpaired) electrons. The van der Waals surface area contributed by atoms with Gasteiger partial charge < -0.3 is 9.88 Å². The van der Waals surface area contributed by atoms with Crippen molar-refractivity contribution in [3.05, 3.63) is 54.9 Å². The van der Waals surface area contributed by atoms with Crippen molar-refractivity contribution in [2.45, 2.75) is 19.5 Å². The van der Waals surface area contributed by atoms with E-state index in [1.54, 1.807) is 4.68 Å². The fourth-order valence-corrected chi connectivity index (χ4v) is 2.89. The lowest BCUT2D eigenvalue weighted by Crippen LogP contribution is -2.29. The van der Waals surface area contributed by atoms with Crippen molar-refractivity contribution >= 4 is 28.0 Å². The predicted octanol–water partition coefficient (Wildman–Crippen LogP) is 1.99. The van der Waals surface area contributed by atoms with Crippen LogP contribution in [0.5, 0.6) is 0 Å². The normalized spacial score (nSPS) is 11.2. The van der Waals surface area contributed by atoms with Crippen LogP contribution in [0, 0.1) is 0 Å². The zero-order valence-corrected chi connectivity index (χ0v) is 13.7. The van der Waals surface area contributed by atoms with E-state index in [9.17, 15) is 4.79 Å². The van der Waals surface area contributed by atoms with Gasteiger partial charge in [-0.3, -0.25) is 4.79 Å². The molecule has 0 fully saturated rings. The van der Waals surface area contributed by atoms with Gasteiger partial charge in [0.25, 0.3) is 0 Å². The van der Waals surface area contributed by atoms with E-state index in [0.29, 0.717) is 6.54 Å². The van der Waals surface area contributed by atoms with E-state index in [-0.39, 0.29) is 12.5 Å². The molecule has 1 amide bonds. The Bertz CT molecular complexity index is 1020. The topological polar surface area (TPSA) is 77.6 Å². The largest absolute Gasteiger partial charge is 0.354 e. The number of para-hydroxylation sites is 3. The van der Waals surface area contributed by atoms with Gasteiger partial charge in [0.15, 0.2) is 0 Å². The minimum atomic E-state index is -0.0638. The zero-order valence-electron chi connectivity index (χ0n) is 13.7. The predicted molar refractivity (Wildman–Crippen MR) is 94.9 cm³/mol. The van der Waals surface area contributed by atoms with Crippen LogP contribution in [0.25, 0.3) is 22.1 Å². The fraction of sp³-hybridized carbons (Fsp3) is 0.222. The lowest BCUT2D eigenvalue weighted by molar-refractivity contribution is -0.121. The van der Waals surface area contributed by atoms with Crippen LogP contribution >= 0.6 is 0 Å². The number of carbonyl (C=O) groups excluding carboxylic acids is 1. The van der Waals surface area contributed by atoms with Gasteiger partial charge in [0, 0.05) is 13.1 Å². The Balaban J connectivity index is 1.29. The summed E-state index contributed by atoms with van der Waals surface area (Å²) in [5, 5.41) is 11.0. The molecule has 25 heavy (non-hydrogen) atoms. The average Bonchev–Trinajstić information content (AvgIpc) is 3.24. The van der Waals surface area contributed by atoms with Crippen molar-refractivity contribution in [1.82, 2.24) is 29.9 Å². The van der Waals surface area contributed by atoms with Gasteiger partial charge in [0.05, 0.1) is 22.9 Å². The van der Waals surface area contributed by atoms with Gasteiger partial charge in [-0.05, 0) is 30.7 Å². The Kier molecular flexibility index (Phi) is 4.12. The summed E-state index contributed by atoms with van der Waals surface area (Å²) < 4.78 is 3.72. The molecule has 7 nitrogen and oxygen atoms in total. The SMILES string of the molecule is O=C(Cn1nnc2ccccc21)NCCCn1cnc2ccccc21. The van der Waals surface area contributed by atoms with Crippen molar-refractivity contribution < 1.29 is 4.79 Å². The number of aromatic nitrogens is 5. The Labute approximate surface area is 144 Å². The quantitative estimate of drug-likeness (QED) is 0.547. The van der Waals surface area contributed by atoms with Crippen LogP contribution in [-0.4, -0.2) is 37.0 Å². The molecule has 0 aliphatic rings. The number of nitrogens with zero attached hydrogens (tertiary/aromatic N) is 5. The van der Waals surface area contributed by atoms with E-state index in [2.05, 4.69) is 31.2 Å². The summed E-state index contributed by atoms with van der Waals surface area (Å²) in [6.07, 6.45) is 2.68. The van der Waals surface area contributed by atoms with Crippen LogP contribution < -0.4 is 5.32 Å². The minimum absolute atomic E-state index is 0.0638. The summed E-state index contributed by atoms with van der Waals surface area (Å²) in [5.74, 6) is -0.0638. The number of nitrogens with one attached hydrogen (secondary N) is 1. The first-order valence-electron chi connectivity index (χ1n) is 8.26. The summed E-state index contributed by atoms with van der Waals surface area (Å²) in [6.45, 7) is 1.60. The van der Waals surface area contributed by atoms with Crippen molar-refractivity contribution in [3.8, 4) is 0 Å². The Hall–Kier alpha value is -3.22. The fourth-order valence-electron chi connectivity index (χ4n) is 2.89. The molecule has 0 bridgehead atoms. The van der Waals surface area contributed by atoms with Gasteiger partial charge in [-0.1, -0.05) is 29.5 Å². The first-order chi connectivity index (χ1) is 12.3. The average molecular weight is 334 g/mol. The number of aryl methyl sites for hydroxylation is 1. The maximum Gasteiger partial charge on any atom is 0.241 e. The number of benzene rings is 2. The molecule has 126 valence electrons. The maximum atomic E-state index is 12.1. The summed E-state index contributed by atoms with van der Waals surface area (Å²) in [4.78, 5) is 16.5. The molecule has 0 atom stereocenters. The third-order valence-electron chi connectivity index (χ3n) is 4.14. The highest BCUT2D eigenvalue weighted by Gasteiger charge is 2.08. The van der Waals surface area contributed by atoms with E-state index in [1.807, 2.05) is 48.8 Å². The van der Waals surface area contributed by atoms with Crippen LogP contribution in [0.3, 0.4) is 0 Å². The van der Waals surface area contributed by atoms with Crippen molar-refractivity contribution in [2.75, 3.05) is 6.54 Å². The van der Waals surface area contributed by atoms with Crippen molar-refractivity contribution in [2.24, 2.45) is 0 Å². The molecule has 0 aliphatic carbocycles. The highest BCUT2D eigenvalue weighted by Crippen LogP contribution is 2.12.